The summed E-state index contributed by atoms with van der Waals surface area (Å²) in [4.78, 5) is 0. The zero-order chi connectivity index (χ0) is 16.3. The van der Waals surface area contributed by atoms with Crippen molar-refractivity contribution >= 4 is 22.6 Å². The van der Waals surface area contributed by atoms with Crippen LogP contribution in [0.4, 0.5) is 0 Å². The van der Waals surface area contributed by atoms with E-state index < -0.39 is 0 Å². The van der Waals surface area contributed by atoms with Gasteiger partial charge in [-0.3, -0.25) is 0 Å². The minimum Gasteiger partial charge on any atom is -0.345 e. The highest BCUT2D eigenvalue weighted by atomic mass is 127. The highest BCUT2D eigenvalue weighted by molar-refractivity contribution is 14.1. The first-order valence-corrected chi connectivity index (χ1v) is 11.0. The fourth-order valence-electron chi connectivity index (χ4n) is 3.34. The number of ether oxygens (including phenoxy) is 2. The summed E-state index contributed by atoms with van der Waals surface area (Å²) in [6.45, 7) is 6.38. The Morgan fingerprint density at radius 1 is 0.727 bits per heavy atom. The van der Waals surface area contributed by atoms with Crippen LogP contribution in [0.3, 0.4) is 0 Å². The maximum Gasteiger partial charge on any atom is 0.163 e. The quantitative estimate of drug-likeness (QED) is 0.187. The SMILES string of the molecule is CCCCCCCCCCCC[C@@H]1OC(C)(C)O[C@@H]1CCI. The first-order valence-electron chi connectivity index (χ1n) is 9.50. The monoisotopic (exact) mass is 424 g/mol. The molecular formula is C19H37IO2. The largest absolute Gasteiger partial charge is 0.345 e. The van der Waals surface area contributed by atoms with Gasteiger partial charge in [-0.2, -0.15) is 0 Å². The summed E-state index contributed by atoms with van der Waals surface area (Å²) in [5.74, 6) is -0.375. The molecule has 0 spiro atoms. The Bertz CT molecular complexity index is 268. The molecule has 0 aliphatic carbocycles. The molecule has 2 nitrogen and oxygen atoms in total. The Morgan fingerprint density at radius 3 is 1.68 bits per heavy atom. The van der Waals surface area contributed by atoms with E-state index in [1.165, 1.54) is 70.6 Å². The minimum absolute atomic E-state index is 0.311. The molecule has 1 saturated heterocycles. The lowest BCUT2D eigenvalue weighted by atomic mass is 10.0. The van der Waals surface area contributed by atoms with Crippen LogP contribution in [0.5, 0.6) is 0 Å². The highest BCUT2D eigenvalue weighted by Gasteiger charge is 2.39. The molecule has 2 atom stereocenters. The molecule has 1 rings (SSSR count). The predicted molar refractivity (Wildman–Crippen MR) is 104 cm³/mol. The predicted octanol–water partition coefficient (Wildman–Crippen LogP) is 6.64. The van der Waals surface area contributed by atoms with Crippen molar-refractivity contribution < 1.29 is 9.47 Å². The molecule has 0 radical (unpaired) electrons. The Balaban J connectivity index is 1.99. The summed E-state index contributed by atoms with van der Waals surface area (Å²) >= 11 is 2.44. The third-order valence-electron chi connectivity index (χ3n) is 4.52. The average Bonchev–Trinajstić information content (AvgIpc) is 2.75. The van der Waals surface area contributed by atoms with Crippen LogP contribution < -0.4 is 0 Å². The van der Waals surface area contributed by atoms with E-state index in [1.807, 2.05) is 13.8 Å². The van der Waals surface area contributed by atoms with Gasteiger partial charge in [-0.1, -0.05) is 93.7 Å². The van der Waals surface area contributed by atoms with Crippen molar-refractivity contribution in [3.8, 4) is 0 Å². The van der Waals surface area contributed by atoms with Crippen LogP contribution in [0.25, 0.3) is 0 Å². The van der Waals surface area contributed by atoms with Crippen LogP contribution in [-0.2, 0) is 9.47 Å². The van der Waals surface area contributed by atoms with E-state index >= 15 is 0 Å². The van der Waals surface area contributed by atoms with Gasteiger partial charge in [0.05, 0.1) is 12.2 Å². The van der Waals surface area contributed by atoms with Gasteiger partial charge in [0.1, 0.15) is 0 Å². The first kappa shape index (κ1) is 20.7. The van der Waals surface area contributed by atoms with E-state index in [0.717, 1.165) is 10.8 Å². The lowest BCUT2D eigenvalue weighted by Crippen LogP contribution is -2.22. The van der Waals surface area contributed by atoms with Gasteiger partial charge in [0, 0.05) is 4.43 Å². The van der Waals surface area contributed by atoms with Gasteiger partial charge >= 0.3 is 0 Å². The maximum absolute atomic E-state index is 6.07. The van der Waals surface area contributed by atoms with Crippen LogP contribution >= 0.6 is 22.6 Å². The third kappa shape index (κ3) is 9.07. The molecule has 0 aromatic rings. The number of alkyl halides is 1. The van der Waals surface area contributed by atoms with Gasteiger partial charge in [0.2, 0.25) is 0 Å². The minimum atomic E-state index is -0.375. The van der Waals surface area contributed by atoms with Crippen LogP contribution in [0.1, 0.15) is 97.8 Å². The van der Waals surface area contributed by atoms with Crippen molar-refractivity contribution in [1.82, 2.24) is 0 Å². The van der Waals surface area contributed by atoms with Crippen molar-refractivity contribution in [3.63, 3.8) is 0 Å². The standard InChI is InChI=1S/C19H37IO2/c1-4-5-6-7-8-9-10-11-12-13-14-17-18(15-16-20)22-19(2,3)21-17/h17-18H,4-16H2,1-3H3/t17-,18+/m0/s1. The van der Waals surface area contributed by atoms with E-state index in [1.54, 1.807) is 0 Å². The molecule has 1 aliphatic rings. The lowest BCUT2D eigenvalue weighted by Gasteiger charge is -2.16. The molecular weight excluding hydrogens is 387 g/mol. The molecule has 0 N–H and O–H groups in total. The molecule has 1 fully saturated rings. The van der Waals surface area contributed by atoms with Crippen molar-refractivity contribution in [2.75, 3.05) is 4.43 Å². The average molecular weight is 424 g/mol. The summed E-state index contributed by atoms with van der Waals surface area (Å²) in [6.07, 6.45) is 16.9. The molecule has 3 heteroatoms. The van der Waals surface area contributed by atoms with Crippen LogP contribution in [0, 0.1) is 0 Å². The second-order valence-electron chi connectivity index (χ2n) is 7.16. The molecule has 0 bridgehead atoms. The Hall–Kier alpha value is 0.650. The molecule has 0 aromatic heterocycles. The smallest absolute Gasteiger partial charge is 0.163 e. The van der Waals surface area contributed by atoms with Crippen molar-refractivity contribution in [2.45, 2.75) is 116 Å². The second kappa shape index (κ2) is 12.1. The summed E-state index contributed by atoms with van der Waals surface area (Å²) in [6, 6.07) is 0. The van der Waals surface area contributed by atoms with Crippen LogP contribution in [0.2, 0.25) is 0 Å². The summed E-state index contributed by atoms with van der Waals surface area (Å²) in [5.41, 5.74) is 0. The maximum atomic E-state index is 6.07. The zero-order valence-corrected chi connectivity index (χ0v) is 17.2. The van der Waals surface area contributed by atoms with Crippen molar-refractivity contribution in [1.29, 1.82) is 0 Å². The molecule has 132 valence electrons. The van der Waals surface area contributed by atoms with Gasteiger partial charge in [-0.05, 0) is 26.7 Å². The number of hydrogen-bond donors (Lipinski definition) is 0. The van der Waals surface area contributed by atoms with E-state index in [9.17, 15) is 0 Å². The van der Waals surface area contributed by atoms with Crippen LogP contribution in [0.15, 0.2) is 0 Å². The number of unbranched alkanes of at least 4 members (excludes halogenated alkanes) is 9. The van der Waals surface area contributed by atoms with Gasteiger partial charge in [0.25, 0.3) is 0 Å². The Labute approximate surface area is 152 Å². The van der Waals surface area contributed by atoms with Crippen LogP contribution in [-0.4, -0.2) is 22.4 Å². The third-order valence-corrected chi connectivity index (χ3v) is 5.14. The molecule has 22 heavy (non-hydrogen) atoms. The van der Waals surface area contributed by atoms with Crippen molar-refractivity contribution in [3.05, 3.63) is 0 Å². The van der Waals surface area contributed by atoms with E-state index in [0.29, 0.717) is 12.2 Å². The fourth-order valence-corrected chi connectivity index (χ4v) is 3.95. The lowest BCUT2D eigenvalue weighted by molar-refractivity contribution is -0.146. The van der Waals surface area contributed by atoms with E-state index in [4.69, 9.17) is 9.47 Å². The van der Waals surface area contributed by atoms with Crippen molar-refractivity contribution in [2.24, 2.45) is 0 Å². The normalized spacial score (nSPS) is 24.0. The van der Waals surface area contributed by atoms with Gasteiger partial charge < -0.3 is 9.47 Å². The first-order chi connectivity index (χ1) is 10.6. The summed E-state index contributed by atoms with van der Waals surface area (Å²) in [7, 11) is 0. The summed E-state index contributed by atoms with van der Waals surface area (Å²) < 4.78 is 13.2. The van der Waals surface area contributed by atoms with Gasteiger partial charge in [-0.15, -0.1) is 0 Å². The van der Waals surface area contributed by atoms with E-state index in [2.05, 4.69) is 29.5 Å². The van der Waals surface area contributed by atoms with E-state index in [-0.39, 0.29) is 5.79 Å². The summed E-state index contributed by atoms with van der Waals surface area (Å²) in [5, 5.41) is 0. The molecule has 0 amide bonds. The Kier molecular flexibility index (Phi) is 11.4. The molecule has 0 saturated carbocycles. The second-order valence-corrected chi connectivity index (χ2v) is 8.24. The topological polar surface area (TPSA) is 18.5 Å². The highest BCUT2D eigenvalue weighted by Crippen LogP contribution is 2.33. The molecule has 1 aliphatic heterocycles. The zero-order valence-electron chi connectivity index (χ0n) is 15.0. The fraction of sp³-hybridized carbons (Fsp3) is 1.00. The molecule has 0 unspecified atom stereocenters. The number of halogens is 1. The number of rotatable bonds is 13. The number of hydrogen-bond acceptors (Lipinski definition) is 2. The molecule has 1 heterocycles. The van der Waals surface area contributed by atoms with Gasteiger partial charge in [-0.25, -0.2) is 0 Å². The molecule has 0 aromatic carbocycles. The Morgan fingerprint density at radius 2 is 1.18 bits per heavy atom. The van der Waals surface area contributed by atoms with Gasteiger partial charge in [0.15, 0.2) is 5.79 Å².